The average molecular weight is 308 g/mol. The Morgan fingerprint density at radius 2 is 1.35 bits per heavy atom. The second-order valence-corrected chi connectivity index (χ2v) is 6.97. The molecule has 0 radical (unpaired) electrons. The van der Waals surface area contributed by atoms with Crippen LogP contribution in [0.3, 0.4) is 0 Å². The van der Waals surface area contributed by atoms with Gasteiger partial charge in [-0.05, 0) is 26.7 Å². The third kappa shape index (κ3) is 11.4. The van der Waals surface area contributed by atoms with Gasteiger partial charge in [-0.1, -0.05) is 32.1 Å². The van der Waals surface area contributed by atoms with Gasteiger partial charge < -0.3 is 14.2 Å². The van der Waals surface area contributed by atoms with Crippen LogP contribution in [0, 0.1) is 0 Å². The molecule has 1 N–H and O–H groups in total. The molecule has 0 aromatic heterocycles. The minimum absolute atomic E-state index is 0.270. The Morgan fingerprint density at radius 3 is 1.80 bits per heavy atom. The molecule has 0 aromatic rings. The molecule has 0 rings (SSSR count). The Hall–Kier alpha value is -0.380. The molecule has 0 aliphatic carbocycles. The lowest BCUT2D eigenvalue weighted by atomic mass is 10.1. The van der Waals surface area contributed by atoms with E-state index in [9.17, 15) is 9.36 Å². The molecular weight excluding hydrogens is 279 g/mol. The van der Waals surface area contributed by atoms with Gasteiger partial charge in [0.2, 0.25) is 0 Å². The van der Waals surface area contributed by atoms with Gasteiger partial charge in [0.25, 0.3) is 0 Å². The van der Waals surface area contributed by atoms with Crippen molar-refractivity contribution in [3.05, 3.63) is 0 Å². The third-order valence-electron chi connectivity index (χ3n) is 2.97. The molecule has 0 spiro atoms. The molecule has 0 aliphatic rings. The second-order valence-electron chi connectivity index (χ2n) is 4.79. The summed E-state index contributed by atoms with van der Waals surface area (Å²) in [5.74, 6) is -0.715. The average Bonchev–Trinajstić information content (AvgIpc) is 2.37. The largest absolute Gasteiger partial charge is 0.481 e. The van der Waals surface area contributed by atoms with E-state index >= 15 is 0 Å². The number of hydrogen-bond donors (Lipinski definition) is 1. The smallest absolute Gasteiger partial charge is 0.330 e. The molecule has 20 heavy (non-hydrogen) atoms. The van der Waals surface area contributed by atoms with Gasteiger partial charge in [-0.15, -0.1) is 0 Å². The van der Waals surface area contributed by atoms with Crippen LogP contribution in [0.1, 0.15) is 65.2 Å². The highest BCUT2D eigenvalue weighted by atomic mass is 31.2. The van der Waals surface area contributed by atoms with Crippen molar-refractivity contribution in [3.63, 3.8) is 0 Å². The number of carboxylic acid groups (broad SMARTS) is 1. The zero-order valence-corrected chi connectivity index (χ0v) is 13.7. The summed E-state index contributed by atoms with van der Waals surface area (Å²) in [4.78, 5) is 10.3. The number of carboxylic acids is 1. The van der Waals surface area contributed by atoms with Gasteiger partial charge in [0.05, 0.1) is 19.4 Å². The normalized spacial score (nSPS) is 11.7. The molecule has 0 bridgehead atoms. The molecule has 0 unspecified atom stereocenters. The fourth-order valence-corrected chi connectivity index (χ4v) is 3.76. The molecule has 0 fully saturated rings. The third-order valence-corrected chi connectivity index (χ3v) is 5.14. The maximum absolute atomic E-state index is 12.2. The molecule has 5 nitrogen and oxygen atoms in total. The summed E-state index contributed by atoms with van der Waals surface area (Å²) in [6, 6.07) is 0. The van der Waals surface area contributed by atoms with E-state index in [0.29, 0.717) is 19.4 Å². The van der Waals surface area contributed by atoms with Crippen LogP contribution in [0.5, 0.6) is 0 Å². The van der Waals surface area contributed by atoms with E-state index < -0.39 is 13.6 Å². The van der Waals surface area contributed by atoms with Crippen LogP contribution in [0.2, 0.25) is 0 Å². The number of carbonyl (C=O) groups is 1. The topological polar surface area (TPSA) is 72.8 Å². The Labute approximate surface area is 122 Å². The van der Waals surface area contributed by atoms with Gasteiger partial charge in [-0.3, -0.25) is 9.36 Å². The standard InChI is InChI=1S/C14H29O5P/c1-3-18-20(17,19-4-2)13-11-9-7-5-6-8-10-12-14(15)16/h3-13H2,1-2H3,(H,15,16). The molecule has 0 saturated heterocycles. The first kappa shape index (κ1) is 19.6. The number of unbranched alkanes of at least 4 members (excludes halogenated alkanes) is 6. The predicted molar refractivity (Wildman–Crippen MR) is 80.3 cm³/mol. The van der Waals surface area contributed by atoms with Crippen LogP contribution < -0.4 is 0 Å². The van der Waals surface area contributed by atoms with Gasteiger partial charge in [-0.2, -0.15) is 0 Å². The van der Waals surface area contributed by atoms with E-state index in [2.05, 4.69) is 0 Å². The van der Waals surface area contributed by atoms with Crippen LogP contribution >= 0.6 is 7.60 Å². The van der Waals surface area contributed by atoms with E-state index in [0.717, 1.165) is 44.9 Å². The number of hydrogen-bond acceptors (Lipinski definition) is 4. The maximum atomic E-state index is 12.2. The molecule has 120 valence electrons. The van der Waals surface area contributed by atoms with E-state index in [-0.39, 0.29) is 6.42 Å². The summed E-state index contributed by atoms with van der Waals surface area (Å²) in [5, 5.41) is 8.50. The highest BCUT2D eigenvalue weighted by Gasteiger charge is 2.22. The number of aliphatic carboxylic acids is 1. The highest BCUT2D eigenvalue weighted by molar-refractivity contribution is 7.53. The highest BCUT2D eigenvalue weighted by Crippen LogP contribution is 2.48. The molecular formula is C14H29O5P. The molecule has 0 heterocycles. The first-order chi connectivity index (χ1) is 9.54. The minimum Gasteiger partial charge on any atom is -0.481 e. The van der Waals surface area contributed by atoms with Gasteiger partial charge >= 0.3 is 13.6 Å². The lowest BCUT2D eigenvalue weighted by molar-refractivity contribution is -0.137. The van der Waals surface area contributed by atoms with Crippen molar-refractivity contribution in [2.75, 3.05) is 19.4 Å². The summed E-state index contributed by atoms with van der Waals surface area (Å²) in [7, 11) is -2.86. The minimum atomic E-state index is -2.86. The molecule has 0 amide bonds. The van der Waals surface area contributed by atoms with Gasteiger partial charge in [0.1, 0.15) is 0 Å². The summed E-state index contributed by atoms with van der Waals surface area (Å²) in [6.45, 7) is 4.48. The van der Waals surface area contributed by atoms with Crippen molar-refractivity contribution in [2.45, 2.75) is 65.2 Å². The van der Waals surface area contributed by atoms with Crippen molar-refractivity contribution in [2.24, 2.45) is 0 Å². The SMILES string of the molecule is CCOP(=O)(CCCCCCCCCC(=O)O)OCC. The molecule has 0 saturated carbocycles. The maximum Gasteiger partial charge on any atom is 0.330 e. The zero-order chi connectivity index (χ0) is 15.3. The molecule has 0 atom stereocenters. The van der Waals surface area contributed by atoms with Crippen molar-refractivity contribution in [3.8, 4) is 0 Å². The second kappa shape index (κ2) is 12.4. The van der Waals surface area contributed by atoms with Crippen LogP contribution in [0.25, 0.3) is 0 Å². The van der Waals surface area contributed by atoms with E-state index in [4.69, 9.17) is 14.2 Å². The first-order valence-corrected chi connectivity index (χ1v) is 9.36. The quantitative estimate of drug-likeness (QED) is 0.379. The molecule has 6 heteroatoms. The van der Waals surface area contributed by atoms with Crippen molar-refractivity contribution < 1.29 is 23.5 Å². The lowest BCUT2D eigenvalue weighted by Gasteiger charge is -2.16. The Kier molecular flexibility index (Phi) is 12.1. The molecule has 0 aromatic carbocycles. The van der Waals surface area contributed by atoms with Crippen LogP contribution in [-0.2, 0) is 18.4 Å². The van der Waals surface area contributed by atoms with Gasteiger partial charge in [-0.25, -0.2) is 0 Å². The van der Waals surface area contributed by atoms with Crippen LogP contribution in [-0.4, -0.2) is 30.5 Å². The van der Waals surface area contributed by atoms with Gasteiger partial charge in [0.15, 0.2) is 0 Å². The fourth-order valence-electron chi connectivity index (χ4n) is 2.03. The monoisotopic (exact) mass is 308 g/mol. The van der Waals surface area contributed by atoms with E-state index in [1.54, 1.807) is 0 Å². The fraction of sp³-hybridized carbons (Fsp3) is 0.929. The van der Waals surface area contributed by atoms with Crippen LogP contribution in [0.4, 0.5) is 0 Å². The summed E-state index contributed by atoms with van der Waals surface area (Å²) in [6.07, 6.45) is 7.64. The Bertz CT molecular complexity index is 283. The predicted octanol–water partition coefficient (Wildman–Crippen LogP) is 4.46. The van der Waals surface area contributed by atoms with E-state index in [1.807, 2.05) is 13.8 Å². The zero-order valence-electron chi connectivity index (χ0n) is 12.8. The number of rotatable bonds is 14. The van der Waals surface area contributed by atoms with Gasteiger partial charge in [0, 0.05) is 6.42 Å². The Balaban J connectivity index is 3.50. The summed E-state index contributed by atoms with van der Waals surface area (Å²) < 4.78 is 22.6. The van der Waals surface area contributed by atoms with Crippen molar-refractivity contribution in [1.29, 1.82) is 0 Å². The van der Waals surface area contributed by atoms with E-state index in [1.165, 1.54) is 0 Å². The summed E-state index contributed by atoms with van der Waals surface area (Å²) >= 11 is 0. The van der Waals surface area contributed by atoms with Crippen molar-refractivity contribution >= 4 is 13.6 Å². The van der Waals surface area contributed by atoms with Crippen molar-refractivity contribution in [1.82, 2.24) is 0 Å². The lowest BCUT2D eigenvalue weighted by Crippen LogP contribution is -2.00. The first-order valence-electron chi connectivity index (χ1n) is 7.64. The van der Waals surface area contributed by atoms with Crippen LogP contribution in [0.15, 0.2) is 0 Å². The Morgan fingerprint density at radius 1 is 0.900 bits per heavy atom. The molecule has 0 aliphatic heterocycles. The summed E-state index contributed by atoms with van der Waals surface area (Å²) in [5.41, 5.74) is 0.